The molecule has 0 atom stereocenters. The lowest BCUT2D eigenvalue weighted by atomic mass is 9.95. The van der Waals surface area contributed by atoms with E-state index in [0.717, 1.165) is 17.5 Å². The van der Waals surface area contributed by atoms with Gasteiger partial charge in [0.2, 0.25) is 0 Å². The first kappa shape index (κ1) is 11.4. The van der Waals surface area contributed by atoms with Crippen LogP contribution in [-0.4, -0.2) is 0 Å². The minimum absolute atomic E-state index is 0.772. The van der Waals surface area contributed by atoms with Crippen molar-refractivity contribution >= 4 is 0 Å². The SMILES string of the molecule is Cc1cccc(Cc2ccccc2C#N)c1C. The second-order valence-corrected chi connectivity index (χ2v) is 4.30. The molecule has 1 heteroatoms. The van der Waals surface area contributed by atoms with E-state index < -0.39 is 0 Å². The van der Waals surface area contributed by atoms with E-state index in [1.165, 1.54) is 16.7 Å². The summed E-state index contributed by atoms with van der Waals surface area (Å²) in [5.41, 5.74) is 5.79. The van der Waals surface area contributed by atoms with Gasteiger partial charge in [0.25, 0.3) is 0 Å². The van der Waals surface area contributed by atoms with E-state index in [0.29, 0.717) is 0 Å². The highest BCUT2D eigenvalue weighted by Gasteiger charge is 2.05. The molecule has 17 heavy (non-hydrogen) atoms. The smallest absolute Gasteiger partial charge is 0.0994 e. The van der Waals surface area contributed by atoms with Crippen LogP contribution in [0.2, 0.25) is 0 Å². The Hall–Kier alpha value is -2.07. The van der Waals surface area contributed by atoms with Crippen molar-refractivity contribution in [2.45, 2.75) is 20.3 Å². The summed E-state index contributed by atoms with van der Waals surface area (Å²) < 4.78 is 0. The average molecular weight is 221 g/mol. The van der Waals surface area contributed by atoms with Gasteiger partial charge in [-0.05, 0) is 48.6 Å². The molecular formula is C16H15N. The fraction of sp³-hybridized carbons (Fsp3) is 0.188. The highest BCUT2D eigenvalue weighted by molar-refractivity contribution is 5.43. The Morgan fingerprint density at radius 1 is 0.941 bits per heavy atom. The summed E-state index contributed by atoms with van der Waals surface area (Å²) in [5, 5.41) is 9.07. The van der Waals surface area contributed by atoms with Gasteiger partial charge in [-0.25, -0.2) is 0 Å². The van der Waals surface area contributed by atoms with Crippen LogP contribution in [0.3, 0.4) is 0 Å². The van der Waals surface area contributed by atoms with Crippen molar-refractivity contribution in [3.05, 3.63) is 70.3 Å². The fourth-order valence-corrected chi connectivity index (χ4v) is 1.99. The number of nitriles is 1. The summed E-state index contributed by atoms with van der Waals surface area (Å²) in [6.45, 7) is 4.26. The van der Waals surface area contributed by atoms with Crippen molar-refractivity contribution in [2.24, 2.45) is 0 Å². The molecule has 0 amide bonds. The Morgan fingerprint density at radius 3 is 2.41 bits per heavy atom. The van der Waals surface area contributed by atoms with Gasteiger partial charge in [-0.1, -0.05) is 36.4 Å². The molecule has 2 rings (SSSR count). The first-order chi connectivity index (χ1) is 8.22. The molecule has 0 saturated carbocycles. The van der Waals surface area contributed by atoms with E-state index in [2.05, 4.69) is 38.1 Å². The minimum atomic E-state index is 0.772. The lowest BCUT2D eigenvalue weighted by Gasteiger charge is -2.09. The third kappa shape index (κ3) is 2.37. The van der Waals surface area contributed by atoms with Gasteiger partial charge >= 0.3 is 0 Å². The minimum Gasteiger partial charge on any atom is -0.192 e. The number of nitrogens with zero attached hydrogens (tertiary/aromatic N) is 1. The van der Waals surface area contributed by atoms with E-state index >= 15 is 0 Å². The summed E-state index contributed by atoms with van der Waals surface area (Å²) in [7, 11) is 0. The Kier molecular flexibility index (Phi) is 3.25. The Morgan fingerprint density at radius 2 is 1.65 bits per heavy atom. The monoisotopic (exact) mass is 221 g/mol. The average Bonchev–Trinajstić information content (AvgIpc) is 2.35. The zero-order chi connectivity index (χ0) is 12.3. The van der Waals surface area contributed by atoms with E-state index in [4.69, 9.17) is 5.26 Å². The van der Waals surface area contributed by atoms with E-state index in [9.17, 15) is 0 Å². The van der Waals surface area contributed by atoms with Gasteiger partial charge in [-0.15, -0.1) is 0 Å². The largest absolute Gasteiger partial charge is 0.192 e. The molecule has 0 fully saturated rings. The first-order valence-electron chi connectivity index (χ1n) is 5.75. The Bertz CT molecular complexity index is 576. The highest BCUT2D eigenvalue weighted by Crippen LogP contribution is 2.18. The van der Waals surface area contributed by atoms with Crippen molar-refractivity contribution < 1.29 is 0 Å². The molecule has 0 aliphatic heterocycles. The molecule has 0 aliphatic rings. The quantitative estimate of drug-likeness (QED) is 0.757. The van der Waals surface area contributed by atoms with Gasteiger partial charge in [-0.3, -0.25) is 0 Å². The van der Waals surface area contributed by atoms with E-state index in [-0.39, 0.29) is 0 Å². The third-order valence-electron chi connectivity index (χ3n) is 3.24. The van der Waals surface area contributed by atoms with Crippen LogP contribution in [0, 0.1) is 25.2 Å². The van der Waals surface area contributed by atoms with Crippen LogP contribution in [0.5, 0.6) is 0 Å². The van der Waals surface area contributed by atoms with Crippen LogP contribution in [-0.2, 0) is 6.42 Å². The van der Waals surface area contributed by atoms with Crippen LogP contribution in [0.15, 0.2) is 42.5 Å². The molecule has 0 spiro atoms. The maximum atomic E-state index is 9.07. The van der Waals surface area contributed by atoms with Crippen LogP contribution in [0.4, 0.5) is 0 Å². The molecule has 0 bridgehead atoms. The van der Waals surface area contributed by atoms with Crippen LogP contribution < -0.4 is 0 Å². The summed E-state index contributed by atoms with van der Waals surface area (Å²) in [5.74, 6) is 0. The maximum absolute atomic E-state index is 9.07. The summed E-state index contributed by atoms with van der Waals surface area (Å²) in [6, 6.07) is 16.4. The molecule has 0 heterocycles. The van der Waals surface area contributed by atoms with Crippen LogP contribution >= 0.6 is 0 Å². The normalized spacial score (nSPS) is 9.94. The van der Waals surface area contributed by atoms with Gasteiger partial charge in [0.05, 0.1) is 11.6 Å². The molecular weight excluding hydrogens is 206 g/mol. The van der Waals surface area contributed by atoms with E-state index in [1.54, 1.807) is 0 Å². The number of rotatable bonds is 2. The highest BCUT2D eigenvalue weighted by atomic mass is 14.2. The molecule has 2 aromatic carbocycles. The van der Waals surface area contributed by atoms with Crippen molar-refractivity contribution in [3.8, 4) is 6.07 Å². The Labute approximate surface area is 102 Å². The molecule has 0 saturated heterocycles. The van der Waals surface area contributed by atoms with Crippen molar-refractivity contribution in [2.75, 3.05) is 0 Å². The standard InChI is InChI=1S/C16H15N/c1-12-6-5-9-14(13(12)2)10-15-7-3-4-8-16(15)11-17/h3-9H,10H2,1-2H3. The molecule has 2 aromatic rings. The van der Waals surface area contributed by atoms with Gasteiger partial charge in [0, 0.05) is 0 Å². The molecule has 0 radical (unpaired) electrons. The predicted octanol–water partition coefficient (Wildman–Crippen LogP) is 3.77. The van der Waals surface area contributed by atoms with Gasteiger partial charge in [0.15, 0.2) is 0 Å². The van der Waals surface area contributed by atoms with Crippen molar-refractivity contribution in [3.63, 3.8) is 0 Å². The summed E-state index contributed by atoms with van der Waals surface area (Å²) in [6.07, 6.45) is 0.831. The van der Waals surface area contributed by atoms with Gasteiger partial charge < -0.3 is 0 Å². The lowest BCUT2D eigenvalue weighted by Crippen LogP contribution is -1.96. The second kappa shape index (κ2) is 4.84. The predicted molar refractivity (Wildman–Crippen MR) is 69.9 cm³/mol. The number of aryl methyl sites for hydroxylation is 1. The van der Waals surface area contributed by atoms with Crippen LogP contribution in [0.25, 0.3) is 0 Å². The topological polar surface area (TPSA) is 23.8 Å². The lowest BCUT2D eigenvalue weighted by molar-refractivity contribution is 1.13. The number of benzene rings is 2. The van der Waals surface area contributed by atoms with Crippen molar-refractivity contribution in [1.82, 2.24) is 0 Å². The van der Waals surface area contributed by atoms with Gasteiger partial charge in [-0.2, -0.15) is 5.26 Å². The first-order valence-corrected chi connectivity index (χ1v) is 5.75. The third-order valence-corrected chi connectivity index (χ3v) is 3.24. The molecule has 0 unspecified atom stereocenters. The zero-order valence-corrected chi connectivity index (χ0v) is 10.2. The Balaban J connectivity index is 2.39. The fourth-order valence-electron chi connectivity index (χ4n) is 1.99. The maximum Gasteiger partial charge on any atom is 0.0994 e. The van der Waals surface area contributed by atoms with Crippen molar-refractivity contribution in [1.29, 1.82) is 5.26 Å². The van der Waals surface area contributed by atoms with E-state index in [1.807, 2.05) is 24.3 Å². The summed E-state index contributed by atoms with van der Waals surface area (Å²) in [4.78, 5) is 0. The number of hydrogen-bond donors (Lipinski definition) is 0. The zero-order valence-electron chi connectivity index (χ0n) is 10.2. The molecule has 84 valence electrons. The number of hydrogen-bond acceptors (Lipinski definition) is 1. The molecule has 0 aromatic heterocycles. The molecule has 1 nitrogen and oxygen atoms in total. The summed E-state index contributed by atoms with van der Waals surface area (Å²) >= 11 is 0. The van der Waals surface area contributed by atoms with Crippen LogP contribution in [0.1, 0.15) is 27.8 Å². The molecule has 0 aliphatic carbocycles. The molecule has 0 N–H and O–H groups in total. The van der Waals surface area contributed by atoms with Gasteiger partial charge in [0.1, 0.15) is 0 Å². The second-order valence-electron chi connectivity index (χ2n) is 4.30.